The van der Waals surface area contributed by atoms with Crippen LogP contribution in [0.1, 0.15) is 37.3 Å². The zero-order chi connectivity index (χ0) is 20.1. The van der Waals surface area contributed by atoms with Crippen LogP contribution in [-0.4, -0.2) is 25.0 Å². The van der Waals surface area contributed by atoms with E-state index in [4.69, 9.17) is 4.74 Å². The van der Waals surface area contributed by atoms with Gasteiger partial charge >= 0.3 is 0 Å². The molecule has 1 N–H and O–H groups in total. The maximum Gasteiger partial charge on any atom is 0.229 e. The SMILES string of the molecule is CCCCOc1ccc(N2C[C@H](C(=O)Nc3c(C)cccc3C)CC2=O)cc1. The number of carbonyl (C=O) groups is 2. The van der Waals surface area contributed by atoms with Gasteiger partial charge in [0.25, 0.3) is 0 Å². The van der Waals surface area contributed by atoms with E-state index in [1.807, 2.05) is 56.3 Å². The van der Waals surface area contributed by atoms with Crippen LogP contribution in [0.5, 0.6) is 5.75 Å². The highest BCUT2D eigenvalue weighted by Gasteiger charge is 2.35. The number of hydrogen-bond donors (Lipinski definition) is 1. The summed E-state index contributed by atoms with van der Waals surface area (Å²) in [5, 5.41) is 3.01. The smallest absolute Gasteiger partial charge is 0.229 e. The van der Waals surface area contributed by atoms with Crippen LogP contribution in [0.3, 0.4) is 0 Å². The Morgan fingerprint density at radius 3 is 2.46 bits per heavy atom. The summed E-state index contributed by atoms with van der Waals surface area (Å²) in [7, 11) is 0. The fourth-order valence-corrected chi connectivity index (χ4v) is 3.43. The number of para-hydroxylation sites is 1. The summed E-state index contributed by atoms with van der Waals surface area (Å²) in [6.45, 7) is 7.15. The molecular formula is C23H28N2O3. The first-order valence-corrected chi connectivity index (χ1v) is 9.90. The minimum Gasteiger partial charge on any atom is -0.494 e. The summed E-state index contributed by atoms with van der Waals surface area (Å²) >= 11 is 0. The molecule has 28 heavy (non-hydrogen) atoms. The van der Waals surface area contributed by atoms with Crippen LogP contribution in [0.2, 0.25) is 0 Å². The molecular weight excluding hydrogens is 352 g/mol. The third-order valence-electron chi connectivity index (χ3n) is 5.14. The molecule has 1 aliphatic heterocycles. The summed E-state index contributed by atoms with van der Waals surface area (Å²) in [6, 6.07) is 13.4. The van der Waals surface area contributed by atoms with Gasteiger partial charge < -0.3 is 15.0 Å². The van der Waals surface area contributed by atoms with Crippen molar-refractivity contribution >= 4 is 23.2 Å². The van der Waals surface area contributed by atoms with Crippen LogP contribution in [0.25, 0.3) is 0 Å². The molecule has 2 aromatic rings. The molecule has 0 saturated carbocycles. The molecule has 1 atom stereocenters. The Hall–Kier alpha value is -2.82. The highest BCUT2D eigenvalue weighted by molar-refractivity contribution is 6.03. The molecule has 5 heteroatoms. The first-order valence-electron chi connectivity index (χ1n) is 9.90. The van der Waals surface area contributed by atoms with Crippen molar-refractivity contribution in [3.05, 3.63) is 53.6 Å². The van der Waals surface area contributed by atoms with Crippen LogP contribution in [-0.2, 0) is 9.59 Å². The van der Waals surface area contributed by atoms with Crippen molar-refractivity contribution in [1.29, 1.82) is 0 Å². The number of nitrogens with one attached hydrogen (secondary N) is 1. The summed E-state index contributed by atoms with van der Waals surface area (Å²) in [5.41, 5.74) is 3.68. The highest BCUT2D eigenvalue weighted by Crippen LogP contribution is 2.28. The average molecular weight is 380 g/mol. The number of nitrogens with zero attached hydrogens (tertiary/aromatic N) is 1. The van der Waals surface area contributed by atoms with E-state index < -0.39 is 0 Å². The fraction of sp³-hybridized carbons (Fsp3) is 0.391. The Morgan fingerprint density at radius 1 is 1.14 bits per heavy atom. The molecule has 1 saturated heterocycles. The van der Waals surface area contributed by atoms with Gasteiger partial charge in [-0.05, 0) is 55.7 Å². The van der Waals surface area contributed by atoms with Gasteiger partial charge in [0.05, 0.1) is 12.5 Å². The molecule has 5 nitrogen and oxygen atoms in total. The summed E-state index contributed by atoms with van der Waals surface area (Å²) in [5.74, 6) is 0.314. The molecule has 2 amide bonds. The normalized spacial score (nSPS) is 16.3. The molecule has 3 rings (SSSR count). The van der Waals surface area contributed by atoms with Crippen LogP contribution in [0, 0.1) is 19.8 Å². The Balaban J connectivity index is 1.64. The predicted octanol–water partition coefficient (Wildman–Crippen LogP) is 4.47. The quantitative estimate of drug-likeness (QED) is 0.721. The minimum absolute atomic E-state index is 0.0266. The van der Waals surface area contributed by atoms with Gasteiger partial charge in [-0.1, -0.05) is 31.5 Å². The van der Waals surface area contributed by atoms with Crippen molar-refractivity contribution in [3.8, 4) is 5.75 Å². The number of hydrogen-bond acceptors (Lipinski definition) is 3. The number of anilines is 2. The molecule has 148 valence electrons. The minimum atomic E-state index is -0.355. The summed E-state index contributed by atoms with van der Waals surface area (Å²) in [4.78, 5) is 26.9. The Morgan fingerprint density at radius 2 is 1.82 bits per heavy atom. The lowest BCUT2D eigenvalue weighted by Crippen LogP contribution is -2.28. The molecule has 0 aliphatic carbocycles. The topological polar surface area (TPSA) is 58.6 Å². The van der Waals surface area contributed by atoms with E-state index in [1.165, 1.54) is 0 Å². The average Bonchev–Trinajstić information content (AvgIpc) is 3.07. The van der Waals surface area contributed by atoms with Gasteiger partial charge in [-0.3, -0.25) is 9.59 Å². The van der Waals surface area contributed by atoms with Gasteiger partial charge in [-0.25, -0.2) is 0 Å². The zero-order valence-corrected chi connectivity index (χ0v) is 16.8. The van der Waals surface area contributed by atoms with Crippen LogP contribution in [0.4, 0.5) is 11.4 Å². The Labute approximate surface area is 166 Å². The van der Waals surface area contributed by atoms with E-state index in [-0.39, 0.29) is 24.2 Å². The maximum atomic E-state index is 12.7. The summed E-state index contributed by atoms with van der Waals surface area (Å²) in [6.07, 6.45) is 2.33. The largest absolute Gasteiger partial charge is 0.494 e. The van der Waals surface area contributed by atoms with Crippen molar-refractivity contribution in [3.63, 3.8) is 0 Å². The molecule has 0 unspecified atom stereocenters. The lowest BCUT2D eigenvalue weighted by molar-refractivity contribution is -0.122. The molecule has 2 aromatic carbocycles. The van der Waals surface area contributed by atoms with Gasteiger partial charge in [-0.2, -0.15) is 0 Å². The van der Waals surface area contributed by atoms with Gasteiger partial charge in [0.2, 0.25) is 11.8 Å². The van der Waals surface area contributed by atoms with E-state index in [0.29, 0.717) is 13.2 Å². The number of aryl methyl sites for hydroxylation is 2. The van der Waals surface area contributed by atoms with Crippen molar-refractivity contribution in [2.45, 2.75) is 40.0 Å². The number of unbranched alkanes of at least 4 members (excludes halogenated alkanes) is 1. The molecule has 0 spiro atoms. The number of benzene rings is 2. The van der Waals surface area contributed by atoms with Gasteiger partial charge in [0, 0.05) is 24.3 Å². The van der Waals surface area contributed by atoms with Gasteiger partial charge in [-0.15, -0.1) is 0 Å². The predicted molar refractivity (Wildman–Crippen MR) is 112 cm³/mol. The van der Waals surface area contributed by atoms with Crippen molar-refractivity contribution < 1.29 is 14.3 Å². The van der Waals surface area contributed by atoms with Crippen LogP contribution < -0.4 is 15.0 Å². The maximum absolute atomic E-state index is 12.7. The van der Waals surface area contributed by atoms with E-state index in [1.54, 1.807) is 4.90 Å². The first kappa shape index (κ1) is 19.9. The van der Waals surface area contributed by atoms with Gasteiger partial charge in [0.15, 0.2) is 0 Å². The molecule has 1 heterocycles. The van der Waals surface area contributed by atoms with E-state index in [9.17, 15) is 9.59 Å². The third-order valence-corrected chi connectivity index (χ3v) is 5.14. The monoisotopic (exact) mass is 380 g/mol. The first-order chi connectivity index (χ1) is 13.5. The highest BCUT2D eigenvalue weighted by atomic mass is 16.5. The van der Waals surface area contributed by atoms with Crippen molar-refractivity contribution in [2.24, 2.45) is 5.92 Å². The van der Waals surface area contributed by atoms with E-state index in [2.05, 4.69) is 12.2 Å². The number of rotatable bonds is 7. The van der Waals surface area contributed by atoms with Crippen LogP contribution >= 0.6 is 0 Å². The molecule has 0 bridgehead atoms. The molecule has 1 fully saturated rings. The second-order valence-electron chi connectivity index (χ2n) is 7.36. The summed E-state index contributed by atoms with van der Waals surface area (Å²) < 4.78 is 5.67. The Bertz CT molecular complexity index is 825. The van der Waals surface area contributed by atoms with Gasteiger partial charge in [0.1, 0.15) is 5.75 Å². The van der Waals surface area contributed by atoms with Crippen LogP contribution in [0.15, 0.2) is 42.5 Å². The van der Waals surface area contributed by atoms with Crippen molar-refractivity contribution in [2.75, 3.05) is 23.4 Å². The lowest BCUT2D eigenvalue weighted by atomic mass is 10.1. The molecule has 1 aliphatic rings. The van der Waals surface area contributed by atoms with E-state index >= 15 is 0 Å². The van der Waals surface area contributed by atoms with Crippen molar-refractivity contribution in [1.82, 2.24) is 0 Å². The lowest BCUT2D eigenvalue weighted by Gasteiger charge is -2.18. The third kappa shape index (κ3) is 4.53. The second kappa shape index (κ2) is 8.91. The molecule has 0 radical (unpaired) electrons. The number of amides is 2. The number of ether oxygens (including phenoxy) is 1. The van der Waals surface area contributed by atoms with E-state index in [0.717, 1.165) is 41.1 Å². The Kier molecular flexibility index (Phi) is 6.34. The molecule has 0 aromatic heterocycles. The fourth-order valence-electron chi connectivity index (χ4n) is 3.43. The second-order valence-corrected chi connectivity index (χ2v) is 7.36. The zero-order valence-electron chi connectivity index (χ0n) is 16.8. The number of carbonyl (C=O) groups excluding carboxylic acids is 2. The standard InChI is InChI=1S/C23H28N2O3/c1-4-5-13-28-20-11-9-19(10-12-20)25-15-18(14-21(25)26)23(27)24-22-16(2)7-6-8-17(22)3/h6-12,18H,4-5,13-15H2,1-3H3,(H,24,27)/t18-/m1/s1.